The van der Waals surface area contributed by atoms with E-state index >= 15 is 0 Å². The van der Waals surface area contributed by atoms with Gasteiger partial charge in [0.1, 0.15) is 5.60 Å². The van der Waals surface area contributed by atoms with Crippen LogP contribution in [0.4, 0.5) is 10.5 Å². The van der Waals surface area contributed by atoms with Gasteiger partial charge in [0, 0.05) is 26.2 Å². The lowest BCUT2D eigenvalue weighted by Gasteiger charge is -2.35. The first-order valence-corrected chi connectivity index (χ1v) is 14.3. The van der Waals surface area contributed by atoms with Crippen molar-refractivity contribution in [3.63, 3.8) is 0 Å². The zero-order valence-electron chi connectivity index (χ0n) is 22.6. The molecular formula is C28H35N3O6S. The summed E-state index contributed by atoms with van der Waals surface area (Å²) in [6.07, 6.45) is 2.13. The van der Waals surface area contributed by atoms with Gasteiger partial charge in [-0.2, -0.15) is 4.31 Å². The van der Waals surface area contributed by atoms with Gasteiger partial charge in [0.05, 0.1) is 25.5 Å². The maximum Gasteiger partial charge on any atom is 0.410 e. The number of rotatable bonds is 7. The van der Waals surface area contributed by atoms with Crippen molar-refractivity contribution in [1.29, 1.82) is 0 Å². The monoisotopic (exact) mass is 541 g/mol. The van der Waals surface area contributed by atoms with Crippen LogP contribution in [-0.2, 0) is 26.0 Å². The summed E-state index contributed by atoms with van der Waals surface area (Å²) in [5.41, 5.74) is 2.25. The number of benzene rings is 2. The van der Waals surface area contributed by atoms with Crippen LogP contribution in [0, 0.1) is 12.5 Å². The predicted octanol–water partition coefficient (Wildman–Crippen LogP) is 5.10. The Balaban J connectivity index is 1.81. The molecule has 0 aliphatic carbocycles. The summed E-state index contributed by atoms with van der Waals surface area (Å²) < 4.78 is 37.3. The summed E-state index contributed by atoms with van der Waals surface area (Å²) in [4.78, 5) is 29.9. The molecule has 1 heterocycles. The quantitative estimate of drug-likeness (QED) is 0.357. The fourth-order valence-electron chi connectivity index (χ4n) is 4.37. The maximum absolute atomic E-state index is 12.8. The van der Waals surface area contributed by atoms with Crippen LogP contribution in [0.3, 0.4) is 0 Å². The lowest BCUT2D eigenvalue weighted by Crippen LogP contribution is -2.44. The molecule has 0 unspecified atom stereocenters. The molecule has 0 aromatic heterocycles. The van der Waals surface area contributed by atoms with Gasteiger partial charge in [-0.3, -0.25) is 0 Å². The van der Waals surface area contributed by atoms with Crippen LogP contribution in [0.25, 0.3) is 16.0 Å². The Labute approximate surface area is 225 Å². The fourth-order valence-corrected chi connectivity index (χ4v) is 5.24. The Bertz CT molecular complexity index is 1320. The average Bonchev–Trinajstić information content (AvgIpc) is 2.86. The molecule has 2 aromatic rings. The van der Waals surface area contributed by atoms with Gasteiger partial charge in [0.25, 0.3) is 0 Å². The molecule has 1 amide bonds. The van der Waals surface area contributed by atoms with E-state index < -0.39 is 21.6 Å². The summed E-state index contributed by atoms with van der Waals surface area (Å²) in [6.45, 7) is 14.1. The highest BCUT2D eigenvalue weighted by Crippen LogP contribution is 2.28. The first-order chi connectivity index (χ1) is 17.8. The van der Waals surface area contributed by atoms with E-state index in [2.05, 4.69) is 4.85 Å². The van der Waals surface area contributed by atoms with Gasteiger partial charge in [0.2, 0.25) is 10.0 Å². The molecule has 38 heavy (non-hydrogen) atoms. The molecule has 0 atom stereocenters. The fraction of sp³-hybridized carbons (Fsp3) is 0.464. The van der Waals surface area contributed by atoms with Crippen molar-refractivity contribution in [1.82, 2.24) is 9.21 Å². The number of esters is 1. The third kappa shape index (κ3) is 8.04. The number of methoxy groups -OCH3 is 1. The number of amides is 1. The first-order valence-electron chi connectivity index (χ1n) is 12.4. The Morgan fingerprint density at radius 1 is 1.11 bits per heavy atom. The largest absolute Gasteiger partial charge is 0.465 e. The van der Waals surface area contributed by atoms with E-state index in [0.717, 1.165) is 5.56 Å². The van der Waals surface area contributed by atoms with Crippen molar-refractivity contribution >= 4 is 27.8 Å². The van der Waals surface area contributed by atoms with Gasteiger partial charge in [-0.25, -0.2) is 22.9 Å². The van der Waals surface area contributed by atoms with E-state index in [4.69, 9.17) is 16.0 Å². The van der Waals surface area contributed by atoms with Crippen LogP contribution in [0.15, 0.2) is 42.5 Å². The molecule has 0 spiro atoms. The second-order valence-corrected chi connectivity index (χ2v) is 12.5. The smallest absolute Gasteiger partial charge is 0.410 e. The van der Waals surface area contributed by atoms with Crippen molar-refractivity contribution in [2.24, 2.45) is 5.92 Å². The van der Waals surface area contributed by atoms with Gasteiger partial charge < -0.3 is 14.4 Å². The zero-order valence-corrected chi connectivity index (χ0v) is 23.4. The molecule has 0 saturated carbocycles. The molecule has 1 saturated heterocycles. The van der Waals surface area contributed by atoms with E-state index in [1.165, 1.54) is 17.7 Å². The highest BCUT2D eigenvalue weighted by atomic mass is 32.2. The van der Waals surface area contributed by atoms with Crippen molar-refractivity contribution < 1.29 is 27.5 Å². The number of piperidine rings is 1. The Hall–Kier alpha value is -3.42. The van der Waals surface area contributed by atoms with Gasteiger partial charge in [-0.1, -0.05) is 18.2 Å². The van der Waals surface area contributed by atoms with Crippen molar-refractivity contribution in [3.05, 3.63) is 65.0 Å². The van der Waals surface area contributed by atoms with E-state index in [0.29, 0.717) is 54.9 Å². The third-order valence-corrected chi connectivity index (χ3v) is 7.49. The Morgan fingerprint density at radius 2 is 1.79 bits per heavy atom. The number of carbonyl (C=O) groups excluding carboxylic acids is 2. The predicted molar refractivity (Wildman–Crippen MR) is 145 cm³/mol. The minimum atomic E-state index is -3.57. The van der Waals surface area contributed by atoms with E-state index in [9.17, 15) is 18.0 Å². The summed E-state index contributed by atoms with van der Waals surface area (Å²) in [5, 5.41) is 0. The normalized spacial score (nSPS) is 14.7. The second kappa shape index (κ2) is 12.0. The number of hydrogen-bond acceptors (Lipinski definition) is 6. The van der Waals surface area contributed by atoms with E-state index in [1.54, 1.807) is 35.2 Å². The number of hydrogen-bond donors (Lipinski definition) is 0. The molecule has 3 rings (SSSR count). The summed E-state index contributed by atoms with van der Waals surface area (Å²) in [7, 11) is -2.28. The van der Waals surface area contributed by atoms with E-state index in [-0.39, 0.29) is 18.6 Å². The highest BCUT2D eigenvalue weighted by molar-refractivity contribution is 7.88. The Morgan fingerprint density at radius 3 is 2.37 bits per heavy atom. The minimum absolute atomic E-state index is 0.0713. The number of likely N-dealkylation sites (tertiary alicyclic amines) is 1. The molecule has 2 aromatic carbocycles. The topological polar surface area (TPSA) is 97.6 Å². The second-order valence-electron chi connectivity index (χ2n) is 10.5. The molecule has 0 bridgehead atoms. The van der Waals surface area contributed by atoms with Crippen LogP contribution in [0.1, 0.15) is 49.5 Å². The molecule has 0 radical (unpaired) electrons. The van der Waals surface area contributed by atoms with Crippen LogP contribution in [-0.4, -0.2) is 68.3 Å². The van der Waals surface area contributed by atoms with Crippen molar-refractivity contribution in [2.45, 2.75) is 45.8 Å². The van der Waals surface area contributed by atoms with Gasteiger partial charge in [-0.05, 0) is 80.5 Å². The van der Waals surface area contributed by atoms with Crippen molar-refractivity contribution in [2.75, 3.05) is 33.0 Å². The van der Waals surface area contributed by atoms with Crippen LogP contribution in [0.2, 0.25) is 0 Å². The standard InChI is InChI=1S/C28H35N3O6S/c1-28(2,3)37-27(33)30-12-10-20(11-13-30)18-31(38(6,34)35)19-21-14-23(16-24(15-21)26(32)36-5)22-8-7-9-25(17-22)29-4/h7-9,14-17,20H,10-13,18-19H2,1-3,5-6H3. The highest BCUT2D eigenvalue weighted by Gasteiger charge is 2.29. The van der Waals surface area contributed by atoms with Crippen molar-refractivity contribution in [3.8, 4) is 11.1 Å². The lowest BCUT2D eigenvalue weighted by atomic mass is 9.96. The summed E-state index contributed by atoms with van der Waals surface area (Å²) in [6, 6.07) is 12.2. The molecule has 1 fully saturated rings. The van der Waals surface area contributed by atoms with Crippen LogP contribution in [0.5, 0.6) is 0 Å². The van der Waals surface area contributed by atoms with E-state index in [1.807, 2.05) is 32.9 Å². The molecule has 10 heteroatoms. The van der Waals surface area contributed by atoms with Gasteiger partial charge >= 0.3 is 12.1 Å². The molecule has 1 aliphatic rings. The average molecular weight is 542 g/mol. The number of ether oxygens (including phenoxy) is 2. The van der Waals surface area contributed by atoms with Crippen LogP contribution >= 0.6 is 0 Å². The lowest BCUT2D eigenvalue weighted by molar-refractivity contribution is 0.0177. The number of sulfonamides is 1. The molecule has 9 nitrogen and oxygen atoms in total. The summed E-state index contributed by atoms with van der Waals surface area (Å²) >= 11 is 0. The molecule has 1 aliphatic heterocycles. The molecular weight excluding hydrogens is 506 g/mol. The number of nitrogens with zero attached hydrogens (tertiary/aromatic N) is 3. The van der Waals surface area contributed by atoms with Gasteiger partial charge in [0.15, 0.2) is 5.69 Å². The zero-order chi connectivity index (χ0) is 28.1. The van der Waals surface area contributed by atoms with Gasteiger partial charge in [-0.15, -0.1) is 0 Å². The number of carbonyl (C=O) groups is 2. The Kier molecular flexibility index (Phi) is 9.18. The van der Waals surface area contributed by atoms with Crippen LogP contribution < -0.4 is 0 Å². The molecule has 204 valence electrons. The maximum atomic E-state index is 12.8. The SMILES string of the molecule is [C-]#[N+]c1cccc(-c2cc(CN(CC3CCN(C(=O)OC(C)(C)C)CC3)S(C)(=O)=O)cc(C(=O)OC)c2)c1. The third-order valence-electron chi connectivity index (χ3n) is 6.28. The minimum Gasteiger partial charge on any atom is -0.465 e. The molecule has 0 N–H and O–H groups in total. The summed E-state index contributed by atoms with van der Waals surface area (Å²) in [5.74, 6) is -0.461. The first kappa shape index (κ1) is 29.1.